The molecule has 0 aliphatic rings. The van der Waals surface area contributed by atoms with E-state index in [4.69, 9.17) is 10.8 Å². The number of carboxylic acids is 1. The average Bonchev–Trinajstić information content (AvgIpc) is 2.01. The van der Waals surface area contributed by atoms with Gasteiger partial charge in [0.05, 0.1) is 5.56 Å². The second kappa shape index (κ2) is 3.91. The van der Waals surface area contributed by atoms with E-state index in [1.54, 1.807) is 6.92 Å². The minimum absolute atomic E-state index is 0.101. The van der Waals surface area contributed by atoms with Gasteiger partial charge >= 0.3 is 5.97 Å². The van der Waals surface area contributed by atoms with Gasteiger partial charge in [-0.25, -0.2) is 4.98 Å². The molecule has 1 aromatic rings. The minimum Gasteiger partial charge on any atom is -0.481 e. The van der Waals surface area contributed by atoms with Gasteiger partial charge in [-0.2, -0.15) is 0 Å². The van der Waals surface area contributed by atoms with Gasteiger partial charge in [-0.1, -0.05) is 0 Å². The third-order valence-corrected chi connectivity index (χ3v) is 1.75. The Labute approximate surface area is 79.8 Å². The summed E-state index contributed by atoms with van der Waals surface area (Å²) < 4.78 is 0. The topological polar surface area (TPSA) is 109 Å². The molecule has 0 atom stereocenters. The minimum atomic E-state index is -0.968. The summed E-state index contributed by atoms with van der Waals surface area (Å²) in [7, 11) is 0. The van der Waals surface area contributed by atoms with E-state index < -0.39 is 5.97 Å². The van der Waals surface area contributed by atoms with Crippen LogP contribution in [0, 0.1) is 6.92 Å². The fraction of sp³-hybridized carbons (Fsp3) is 0.375. The molecule has 0 aliphatic heterocycles. The van der Waals surface area contributed by atoms with Gasteiger partial charge in [-0.15, -0.1) is 0 Å². The lowest BCUT2D eigenvalue weighted by molar-refractivity contribution is -0.136. The highest BCUT2D eigenvalue weighted by atomic mass is 16.4. The number of aryl methyl sites for hydroxylation is 1. The van der Waals surface area contributed by atoms with Crippen LogP contribution in [0.15, 0.2) is 4.79 Å². The van der Waals surface area contributed by atoms with Crippen molar-refractivity contribution in [3.63, 3.8) is 0 Å². The highest BCUT2D eigenvalue weighted by Crippen LogP contribution is 2.04. The first-order valence-corrected chi connectivity index (χ1v) is 4.07. The summed E-state index contributed by atoms with van der Waals surface area (Å²) in [6, 6.07) is 0. The lowest BCUT2D eigenvalue weighted by atomic mass is 10.1. The Bertz CT molecular complexity index is 411. The Morgan fingerprint density at radius 2 is 2.29 bits per heavy atom. The molecule has 0 aromatic carbocycles. The van der Waals surface area contributed by atoms with Crippen molar-refractivity contribution in [1.82, 2.24) is 9.97 Å². The molecule has 0 unspecified atom stereocenters. The largest absolute Gasteiger partial charge is 0.481 e. The summed E-state index contributed by atoms with van der Waals surface area (Å²) in [5.74, 6) is -0.441. The van der Waals surface area contributed by atoms with Crippen LogP contribution in [-0.2, 0) is 11.2 Å². The molecule has 1 aromatic heterocycles. The summed E-state index contributed by atoms with van der Waals surface area (Å²) >= 11 is 0. The number of aromatic amines is 1. The number of hydrogen-bond donors (Lipinski definition) is 3. The summed E-state index contributed by atoms with van der Waals surface area (Å²) in [6.45, 7) is 1.61. The van der Waals surface area contributed by atoms with Crippen molar-refractivity contribution in [2.24, 2.45) is 0 Å². The SMILES string of the molecule is Cc1nc(N)c(CCC(=O)O)c(=O)[nH]1. The van der Waals surface area contributed by atoms with Gasteiger partial charge in [0.15, 0.2) is 0 Å². The maximum atomic E-state index is 11.3. The fourth-order valence-corrected chi connectivity index (χ4v) is 1.11. The number of aliphatic carboxylic acids is 1. The number of carboxylic acid groups (broad SMARTS) is 1. The van der Waals surface area contributed by atoms with E-state index in [1.165, 1.54) is 0 Å². The number of carbonyl (C=O) groups is 1. The Morgan fingerprint density at radius 1 is 1.64 bits per heavy atom. The standard InChI is InChI=1S/C8H11N3O3/c1-4-10-7(9)5(8(14)11-4)2-3-6(12)13/h2-3H2,1H3,(H,12,13)(H3,9,10,11,14). The summed E-state index contributed by atoms with van der Waals surface area (Å²) in [6.07, 6.45) is -0.0260. The molecule has 4 N–H and O–H groups in total. The van der Waals surface area contributed by atoms with E-state index in [-0.39, 0.29) is 29.8 Å². The van der Waals surface area contributed by atoms with Crippen molar-refractivity contribution < 1.29 is 9.90 Å². The number of nitrogens with one attached hydrogen (secondary N) is 1. The first-order chi connectivity index (χ1) is 6.50. The van der Waals surface area contributed by atoms with Crippen molar-refractivity contribution in [3.8, 4) is 0 Å². The second-order valence-electron chi connectivity index (χ2n) is 2.91. The maximum absolute atomic E-state index is 11.3. The molecule has 76 valence electrons. The zero-order chi connectivity index (χ0) is 10.7. The lowest BCUT2D eigenvalue weighted by Crippen LogP contribution is -2.19. The third kappa shape index (κ3) is 2.32. The third-order valence-electron chi connectivity index (χ3n) is 1.75. The molecule has 1 heterocycles. The highest BCUT2D eigenvalue weighted by molar-refractivity contribution is 5.67. The van der Waals surface area contributed by atoms with Crippen LogP contribution in [0.5, 0.6) is 0 Å². The number of H-pyrrole nitrogens is 1. The van der Waals surface area contributed by atoms with Crippen molar-refractivity contribution in [1.29, 1.82) is 0 Å². The summed E-state index contributed by atoms with van der Waals surface area (Å²) in [5, 5.41) is 8.44. The van der Waals surface area contributed by atoms with E-state index in [0.717, 1.165) is 0 Å². The Kier molecular flexibility index (Phi) is 2.85. The summed E-state index contributed by atoms with van der Waals surface area (Å²) in [4.78, 5) is 27.9. The molecular formula is C8H11N3O3. The molecule has 0 fully saturated rings. The number of anilines is 1. The summed E-state index contributed by atoms with van der Waals surface area (Å²) in [5.41, 5.74) is 5.35. The van der Waals surface area contributed by atoms with E-state index in [0.29, 0.717) is 5.82 Å². The Balaban J connectivity index is 2.97. The van der Waals surface area contributed by atoms with Gasteiger partial charge in [0.1, 0.15) is 11.6 Å². The molecule has 0 bridgehead atoms. The molecule has 6 nitrogen and oxygen atoms in total. The van der Waals surface area contributed by atoms with E-state index >= 15 is 0 Å². The molecule has 1 rings (SSSR count). The van der Waals surface area contributed by atoms with E-state index in [2.05, 4.69) is 9.97 Å². The Hall–Kier alpha value is -1.85. The van der Waals surface area contributed by atoms with Crippen LogP contribution in [0.25, 0.3) is 0 Å². The van der Waals surface area contributed by atoms with E-state index in [1.807, 2.05) is 0 Å². The van der Waals surface area contributed by atoms with Crippen LogP contribution >= 0.6 is 0 Å². The van der Waals surface area contributed by atoms with Crippen LogP contribution < -0.4 is 11.3 Å². The van der Waals surface area contributed by atoms with Crippen molar-refractivity contribution >= 4 is 11.8 Å². The van der Waals surface area contributed by atoms with Gasteiger partial charge in [-0.05, 0) is 13.3 Å². The molecule has 0 aliphatic carbocycles. The van der Waals surface area contributed by atoms with E-state index in [9.17, 15) is 9.59 Å². The highest BCUT2D eigenvalue weighted by Gasteiger charge is 2.08. The molecule has 0 saturated carbocycles. The molecule has 0 spiro atoms. The maximum Gasteiger partial charge on any atom is 0.303 e. The van der Waals surface area contributed by atoms with Crippen LogP contribution in [0.2, 0.25) is 0 Å². The van der Waals surface area contributed by atoms with Gasteiger partial charge in [0.2, 0.25) is 0 Å². The van der Waals surface area contributed by atoms with Crippen LogP contribution in [0.3, 0.4) is 0 Å². The van der Waals surface area contributed by atoms with Crippen molar-refractivity contribution in [2.45, 2.75) is 19.8 Å². The quantitative estimate of drug-likeness (QED) is 0.615. The van der Waals surface area contributed by atoms with Crippen LogP contribution in [0.1, 0.15) is 17.8 Å². The lowest BCUT2D eigenvalue weighted by Gasteiger charge is -2.02. The zero-order valence-corrected chi connectivity index (χ0v) is 7.70. The van der Waals surface area contributed by atoms with Gasteiger partial charge in [0, 0.05) is 6.42 Å². The van der Waals surface area contributed by atoms with Crippen LogP contribution in [0.4, 0.5) is 5.82 Å². The number of rotatable bonds is 3. The first kappa shape index (κ1) is 10.2. The fourth-order valence-electron chi connectivity index (χ4n) is 1.11. The first-order valence-electron chi connectivity index (χ1n) is 4.07. The number of nitrogens with two attached hydrogens (primary N) is 1. The average molecular weight is 197 g/mol. The van der Waals surface area contributed by atoms with Gasteiger partial charge in [0.25, 0.3) is 5.56 Å². The second-order valence-corrected chi connectivity index (χ2v) is 2.91. The molecule has 0 saturated heterocycles. The predicted molar refractivity (Wildman–Crippen MR) is 50.0 cm³/mol. The van der Waals surface area contributed by atoms with Crippen molar-refractivity contribution in [2.75, 3.05) is 5.73 Å². The van der Waals surface area contributed by atoms with Crippen LogP contribution in [-0.4, -0.2) is 21.0 Å². The van der Waals surface area contributed by atoms with Gasteiger partial charge in [-0.3, -0.25) is 9.59 Å². The van der Waals surface area contributed by atoms with Gasteiger partial charge < -0.3 is 15.8 Å². The smallest absolute Gasteiger partial charge is 0.303 e. The number of aromatic nitrogens is 2. The molecule has 0 radical (unpaired) electrons. The number of nitrogen functional groups attached to an aromatic ring is 1. The van der Waals surface area contributed by atoms with Crippen molar-refractivity contribution in [3.05, 3.63) is 21.7 Å². The number of nitrogens with zero attached hydrogens (tertiary/aromatic N) is 1. The predicted octanol–water partition coefficient (Wildman–Crippen LogP) is -0.322. The molecule has 6 heteroatoms. The molecule has 14 heavy (non-hydrogen) atoms. The molecule has 0 amide bonds. The number of hydrogen-bond acceptors (Lipinski definition) is 4. The Morgan fingerprint density at radius 3 is 2.79 bits per heavy atom. The monoisotopic (exact) mass is 197 g/mol. The normalized spacial score (nSPS) is 10.1. The molecular weight excluding hydrogens is 186 g/mol. The zero-order valence-electron chi connectivity index (χ0n) is 7.70.